The molecule has 0 bridgehead atoms. The number of hydrogen-bond donors (Lipinski definition) is 0. The second-order valence-corrected chi connectivity index (χ2v) is 4.95. The van der Waals surface area contributed by atoms with Crippen LogP contribution in [0.5, 0.6) is 0 Å². The van der Waals surface area contributed by atoms with Gasteiger partial charge in [-0.25, -0.2) is 9.59 Å². The van der Waals surface area contributed by atoms with E-state index in [4.69, 9.17) is 9.47 Å². The standard InChI is InChI=1S/C17H25NO4/c1-3-5-6-10-13-18(17(20)21-4-2)14-22-16(19)15-11-8-7-9-12-15/h7-9,11-12H,3-6,10,13-14H2,1-2H3. The highest BCUT2D eigenvalue weighted by Crippen LogP contribution is 2.06. The Bertz CT molecular complexity index is 447. The van der Waals surface area contributed by atoms with Gasteiger partial charge >= 0.3 is 12.1 Å². The maximum absolute atomic E-state index is 11.9. The van der Waals surface area contributed by atoms with Gasteiger partial charge in [0.2, 0.25) is 0 Å². The van der Waals surface area contributed by atoms with E-state index >= 15 is 0 Å². The quantitative estimate of drug-likeness (QED) is 0.395. The highest BCUT2D eigenvalue weighted by molar-refractivity contribution is 5.89. The highest BCUT2D eigenvalue weighted by Gasteiger charge is 2.16. The van der Waals surface area contributed by atoms with Crippen molar-refractivity contribution in [2.24, 2.45) is 0 Å². The normalized spacial score (nSPS) is 10.1. The van der Waals surface area contributed by atoms with Crippen LogP contribution in [0.3, 0.4) is 0 Å². The van der Waals surface area contributed by atoms with E-state index in [0.29, 0.717) is 18.7 Å². The number of carbonyl (C=O) groups is 2. The molecule has 0 heterocycles. The van der Waals surface area contributed by atoms with E-state index < -0.39 is 12.1 Å². The Morgan fingerprint density at radius 3 is 2.36 bits per heavy atom. The first-order chi connectivity index (χ1) is 10.7. The summed E-state index contributed by atoms with van der Waals surface area (Å²) >= 11 is 0. The molecule has 1 aromatic carbocycles. The SMILES string of the molecule is CCCCCCN(COC(=O)c1ccccc1)C(=O)OCC. The summed E-state index contributed by atoms with van der Waals surface area (Å²) < 4.78 is 10.2. The third-order valence-corrected chi connectivity index (χ3v) is 3.17. The lowest BCUT2D eigenvalue weighted by Crippen LogP contribution is -2.35. The molecule has 0 aliphatic rings. The van der Waals surface area contributed by atoms with E-state index in [1.54, 1.807) is 31.2 Å². The molecule has 1 aromatic rings. The largest absolute Gasteiger partial charge is 0.450 e. The molecule has 0 aliphatic carbocycles. The molecule has 5 nitrogen and oxygen atoms in total. The van der Waals surface area contributed by atoms with Gasteiger partial charge in [0.15, 0.2) is 6.73 Å². The monoisotopic (exact) mass is 307 g/mol. The van der Waals surface area contributed by atoms with E-state index in [9.17, 15) is 9.59 Å². The van der Waals surface area contributed by atoms with Gasteiger partial charge in [-0.1, -0.05) is 44.4 Å². The topological polar surface area (TPSA) is 55.8 Å². The number of benzene rings is 1. The average molecular weight is 307 g/mol. The van der Waals surface area contributed by atoms with Crippen molar-refractivity contribution in [2.45, 2.75) is 39.5 Å². The molecule has 122 valence electrons. The van der Waals surface area contributed by atoms with Crippen LogP contribution in [-0.2, 0) is 9.47 Å². The summed E-state index contributed by atoms with van der Waals surface area (Å²) in [6.45, 7) is 4.63. The van der Waals surface area contributed by atoms with Crippen LogP contribution in [0.25, 0.3) is 0 Å². The third-order valence-electron chi connectivity index (χ3n) is 3.17. The Balaban J connectivity index is 2.48. The van der Waals surface area contributed by atoms with Gasteiger partial charge in [-0.3, -0.25) is 4.90 Å². The minimum absolute atomic E-state index is 0.0846. The van der Waals surface area contributed by atoms with Gasteiger partial charge < -0.3 is 9.47 Å². The van der Waals surface area contributed by atoms with Crippen LogP contribution in [0.15, 0.2) is 30.3 Å². The van der Waals surface area contributed by atoms with Crippen molar-refractivity contribution in [3.05, 3.63) is 35.9 Å². The second kappa shape index (κ2) is 10.7. The molecule has 5 heteroatoms. The zero-order valence-electron chi connectivity index (χ0n) is 13.4. The maximum Gasteiger partial charge on any atom is 0.412 e. The number of carbonyl (C=O) groups excluding carboxylic acids is 2. The van der Waals surface area contributed by atoms with Gasteiger partial charge in [-0.05, 0) is 25.5 Å². The first-order valence-electron chi connectivity index (χ1n) is 7.82. The first kappa shape index (κ1) is 18.0. The first-order valence-corrected chi connectivity index (χ1v) is 7.82. The summed E-state index contributed by atoms with van der Waals surface area (Å²) in [6, 6.07) is 8.72. The van der Waals surface area contributed by atoms with Crippen LogP contribution < -0.4 is 0 Å². The van der Waals surface area contributed by atoms with Crippen LogP contribution in [0, 0.1) is 0 Å². The number of nitrogens with zero attached hydrogens (tertiary/aromatic N) is 1. The van der Waals surface area contributed by atoms with Crippen molar-refractivity contribution in [1.29, 1.82) is 0 Å². The van der Waals surface area contributed by atoms with Crippen LogP contribution >= 0.6 is 0 Å². The molecule has 1 rings (SSSR count). The van der Waals surface area contributed by atoms with Crippen molar-refractivity contribution in [2.75, 3.05) is 19.9 Å². The molecule has 0 radical (unpaired) electrons. The summed E-state index contributed by atoms with van der Waals surface area (Å²) in [6.07, 6.45) is 3.72. The summed E-state index contributed by atoms with van der Waals surface area (Å²) in [4.78, 5) is 25.2. The minimum atomic E-state index is -0.445. The molecule has 0 aromatic heterocycles. The molecule has 0 saturated carbocycles. The Hall–Kier alpha value is -2.04. The van der Waals surface area contributed by atoms with E-state index in [1.807, 2.05) is 6.07 Å². The molecule has 0 N–H and O–H groups in total. The zero-order chi connectivity index (χ0) is 16.2. The molecule has 1 amide bonds. The lowest BCUT2D eigenvalue weighted by Gasteiger charge is -2.21. The number of ether oxygens (including phenoxy) is 2. The highest BCUT2D eigenvalue weighted by atomic mass is 16.6. The predicted molar refractivity (Wildman–Crippen MR) is 84.6 cm³/mol. The fraction of sp³-hybridized carbons (Fsp3) is 0.529. The van der Waals surface area contributed by atoms with E-state index in [2.05, 4.69) is 6.92 Å². The summed E-state index contributed by atoms with van der Waals surface area (Å²) in [5.74, 6) is -0.441. The number of esters is 1. The average Bonchev–Trinajstić information content (AvgIpc) is 2.55. The Morgan fingerprint density at radius 2 is 1.73 bits per heavy atom. The van der Waals surface area contributed by atoms with Crippen LogP contribution in [-0.4, -0.2) is 36.8 Å². The number of hydrogen-bond acceptors (Lipinski definition) is 4. The summed E-state index contributed by atoms with van der Waals surface area (Å²) in [5, 5.41) is 0. The Morgan fingerprint density at radius 1 is 1.00 bits per heavy atom. The fourth-order valence-corrected chi connectivity index (χ4v) is 1.95. The van der Waals surface area contributed by atoms with Crippen molar-refractivity contribution >= 4 is 12.1 Å². The summed E-state index contributed by atoms with van der Waals surface area (Å²) in [7, 11) is 0. The van der Waals surface area contributed by atoms with E-state index in [1.165, 1.54) is 4.90 Å². The van der Waals surface area contributed by atoms with Crippen LogP contribution in [0.4, 0.5) is 4.79 Å². The van der Waals surface area contributed by atoms with Crippen molar-refractivity contribution < 1.29 is 19.1 Å². The third kappa shape index (κ3) is 6.61. The second-order valence-electron chi connectivity index (χ2n) is 4.95. The fourth-order valence-electron chi connectivity index (χ4n) is 1.95. The molecule has 0 saturated heterocycles. The van der Waals surface area contributed by atoms with Crippen LogP contribution in [0.1, 0.15) is 49.9 Å². The van der Waals surface area contributed by atoms with Gasteiger partial charge in [-0.2, -0.15) is 0 Å². The van der Waals surface area contributed by atoms with Gasteiger partial charge in [0.1, 0.15) is 0 Å². The predicted octanol–water partition coefficient (Wildman–Crippen LogP) is 3.84. The van der Waals surface area contributed by atoms with Gasteiger partial charge in [0, 0.05) is 6.54 Å². The van der Waals surface area contributed by atoms with Gasteiger partial charge in [0.25, 0.3) is 0 Å². The smallest absolute Gasteiger partial charge is 0.412 e. The number of rotatable bonds is 9. The maximum atomic E-state index is 11.9. The van der Waals surface area contributed by atoms with Crippen LogP contribution in [0.2, 0.25) is 0 Å². The lowest BCUT2D eigenvalue weighted by molar-refractivity contribution is 0.0184. The summed E-state index contributed by atoms with van der Waals surface area (Å²) in [5.41, 5.74) is 0.470. The molecular formula is C17H25NO4. The van der Waals surface area contributed by atoms with Gasteiger partial charge in [-0.15, -0.1) is 0 Å². The van der Waals surface area contributed by atoms with Gasteiger partial charge in [0.05, 0.1) is 12.2 Å². The van der Waals surface area contributed by atoms with Crippen molar-refractivity contribution in [3.63, 3.8) is 0 Å². The molecule has 22 heavy (non-hydrogen) atoms. The zero-order valence-corrected chi connectivity index (χ0v) is 13.4. The lowest BCUT2D eigenvalue weighted by atomic mass is 10.2. The Labute approximate surface area is 132 Å². The van der Waals surface area contributed by atoms with Crippen molar-refractivity contribution in [3.8, 4) is 0 Å². The molecule has 0 atom stereocenters. The molecule has 0 spiro atoms. The number of unbranched alkanes of at least 4 members (excludes halogenated alkanes) is 3. The van der Waals surface area contributed by atoms with E-state index in [0.717, 1.165) is 25.7 Å². The van der Waals surface area contributed by atoms with Crippen molar-refractivity contribution in [1.82, 2.24) is 4.90 Å². The minimum Gasteiger partial charge on any atom is -0.450 e. The molecule has 0 fully saturated rings. The number of amides is 1. The molecule has 0 aliphatic heterocycles. The molecular weight excluding hydrogens is 282 g/mol. The van der Waals surface area contributed by atoms with E-state index in [-0.39, 0.29) is 6.73 Å². The molecule has 0 unspecified atom stereocenters. The Kier molecular flexibility index (Phi) is 8.72.